The summed E-state index contributed by atoms with van der Waals surface area (Å²) < 4.78 is 0. The van der Waals surface area contributed by atoms with Gasteiger partial charge in [0.05, 0.1) is 5.84 Å². The Kier molecular flexibility index (Phi) is 4.14. The fourth-order valence-corrected chi connectivity index (χ4v) is 1.76. The summed E-state index contributed by atoms with van der Waals surface area (Å²) in [6.45, 7) is 6.49. The molecule has 1 saturated carbocycles. The average Bonchev–Trinajstić information content (AvgIpc) is 2.87. The van der Waals surface area contributed by atoms with Gasteiger partial charge in [-0.3, -0.25) is 5.41 Å². The number of amidine groups is 1. The van der Waals surface area contributed by atoms with Crippen LogP contribution in [0.1, 0.15) is 39.5 Å². The van der Waals surface area contributed by atoms with Gasteiger partial charge in [0.1, 0.15) is 0 Å². The van der Waals surface area contributed by atoms with Gasteiger partial charge in [-0.15, -0.1) is 0 Å². The third-order valence-corrected chi connectivity index (χ3v) is 3.34. The third kappa shape index (κ3) is 4.65. The molecule has 0 saturated heterocycles. The lowest BCUT2D eigenvalue weighted by Crippen LogP contribution is -2.32. The van der Waals surface area contributed by atoms with Gasteiger partial charge in [-0.2, -0.15) is 0 Å². The molecule has 1 aliphatic carbocycles. The van der Waals surface area contributed by atoms with E-state index in [9.17, 15) is 0 Å². The molecule has 0 amide bonds. The molecule has 3 N–H and O–H groups in total. The Morgan fingerprint density at radius 1 is 1.47 bits per heavy atom. The lowest BCUT2D eigenvalue weighted by atomic mass is 9.86. The maximum atomic E-state index is 7.47. The summed E-state index contributed by atoms with van der Waals surface area (Å²) in [7, 11) is 2.19. The molecule has 88 valence electrons. The first-order valence-corrected chi connectivity index (χ1v) is 5.95. The molecule has 0 unspecified atom stereocenters. The van der Waals surface area contributed by atoms with Crippen LogP contribution in [0.2, 0.25) is 0 Å². The molecule has 15 heavy (non-hydrogen) atoms. The minimum absolute atomic E-state index is 0.125. The zero-order chi connectivity index (χ0) is 11.5. The summed E-state index contributed by atoms with van der Waals surface area (Å²) >= 11 is 0. The second-order valence-electron chi connectivity index (χ2n) is 5.61. The summed E-state index contributed by atoms with van der Waals surface area (Å²) in [5.74, 6) is 1.28. The van der Waals surface area contributed by atoms with Crippen molar-refractivity contribution in [1.82, 2.24) is 4.90 Å². The average molecular weight is 211 g/mol. The third-order valence-electron chi connectivity index (χ3n) is 3.34. The van der Waals surface area contributed by atoms with Crippen molar-refractivity contribution in [1.29, 1.82) is 5.41 Å². The van der Waals surface area contributed by atoms with Crippen molar-refractivity contribution >= 4 is 5.84 Å². The monoisotopic (exact) mass is 211 g/mol. The fourth-order valence-electron chi connectivity index (χ4n) is 1.76. The van der Waals surface area contributed by atoms with Crippen LogP contribution in [-0.2, 0) is 0 Å². The van der Waals surface area contributed by atoms with Gasteiger partial charge in [-0.25, -0.2) is 0 Å². The Labute approximate surface area is 93.5 Å². The second kappa shape index (κ2) is 4.97. The van der Waals surface area contributed by atoms with Crippen LogP contribution in [0.25, 0.3) is 0 Å². The van der Waals surface area contributed by atoms with Gasteiger partial charge in [0.2, 0.25) is 0 Å². The first kappa shape index (κ1) is 12.5. The minimum Gasteiger partial charge on any atom is -0.387 e. The predicted molar refractivity (Wildman–Crippen MR) is 65.2 cm³/mol. The highest BCUT2D eigenvalue weighted by Crippen LogP contribution is 2.29. The number of hydrogen-bond donors (Lipinski definition) is 2. The van der Waals surface area contributed by atoms with Crippen molar-refractivity contribution in [2.75, 3.05) is 20.1 Å². The van der Waals surface area contributed by atoms with Crippen LogP contribution in [0.5, 0.6) is 0 Å². The molecule has 3 nitrogen and oxygen atoms in total. The van der Waals surface area contributed by atoms with E-state index in [-0.39, 0.29) is 5.41 Å². The fraction of sp³-hybridized carbons (Fsp3) is 0.917. The summed E-state index contributed by atoms with van der Waals surface area (Å²) in [5.41, 5.74) is 5.42. The van der Waals surface area contributed by atoms with E-state index in [1.807, 2.05) is 0 Å². The van der Waals surface area contributed by atoms with E-state index in [0.717, 1.165) is 25.3 Å². The highest BCUT2D eigenvalue weighted by atomic mass is 15.1. The van der Waals surface area contributed by atoms with E-state index in [1.165, 1.54) is 19.4 Å². The topological polar surface area (TPSA) is 53.1 Å². The van der Waals surface area contributed by atoms with E-state index in [4.69, 9.17) is 11.1 Å². The molecule has 0 heterocycles. The normalized spacial score (nSPS) is 17.1. The molecule has 3 heteroatoms. The molecule has 0 aromatic carbocycles. The summed E-state index contributed by atoms with van der Waals surface area (Å²) in [4.78, 5) is 2.41. The van der Waals surface area contributed by atoms with Gasteiger partial charge in [0.15, 0.2) is 0 Å². The molecular formula is C12H25N3. The van der Waals surface area contributed by atoms with Crippen molar-refractivity contribution in [3.05, 3.63) is 0 Å². The van der Waals surface area contributed by atoms with Crippen LogP contribution in [0.3, 0.4) is 0 Å². The Morgan fingerprint density at radius 3 is 2.53 bits per heavy atom. The predicted octanol–water partition coefficient (Wildman–Crippen LogP) is 2.07. The van der Waals surface area contributed by atoms with E-state index in [1.54, 1.807) is 0 Å². The van der Waals surface area contributed by atoms with Crippen LogP contribution in [0, 0.1) is 16.7 Å². The molecule has 0 aromatic rings. The molecule has 0 atom stereocenters. The Bertz CT molecular complexity index is 219. The summed E-state index contributed by atoms with van der Waals surface area (Å²) in [5, 5.41) is 7.47. The minimum atomic E-state index is -0.125. The standard InChI is InChI=1S/C12H25N3/c1-12(2,11(13)14)7-4-8-15(3)9-10-5-6-10/h10H,4-9H2,1-3H3,(H3,13,14). The van der Waals surface area contributed by atoms with Gasteiger partial charge in [-0.1, -0.05) is 13.8 Å². The van der Waals surface area contributed by atoms with Crippen molar-refractivity contribution in [2.24, 2.45) is 17.1 Å². The van der Waals surface area contributed by atoms with E-state index in [0.29, 0.717) is 5.84 Å². The van der Waals surface area contributed by atoms with Crippen LogP contribution in [0.4, 0.5) is 0 Å². The van der Waals surface area contributed by atoms with Crippen LogP contribution in [-0.4, -0.2) is 30.9 Å². The van der Waals surface area contributed by atoms with Crippen molar-refractivity contribution in [2.45, 2.75) is 39.5 Å². The molecule has 0 bridgehead atoms. The molecule has 1 aliphatic rings. The van der Waals surface area contributed by atoms with Crippen LogP contribution >= 0.6 is 0 Å². The zero-order valence-corrected chi connectivity index (χ0v) is 10.3. The molecule has 0 radical (unpaired) electrons. The largest absolute Gasteiger partial charge is 0.387 e. The lowest BCUT2D eigenvalue weighted by Gasteiger charge is -2.24. The van der Waals surface area contributed by atoms with Crippen LogP contribution < -0.4 is 5.73 Å². The Hall–Kier alpha value is -0.570. The molecule has 0 aliphatic heterocycles. The number of nitrogens with one attached hydrogen (secondary N) is 1. The van der Waals surface area contributed by atoms with E-state index in [2.05, 4.69) is 25.8 Å². The molecule has 0 aromatic heterocycles. The molecule has 1 fully saturated rings. The van der Waals surface area contributed by atoms with Gasteiger partial charge >= 0.3 is 0 Å². The maximum Gasteiger partial charge on any atom is 0.0963 e. The first-order valence-electron chi connectivity index (χ1n) is 5.95. The number of rotatable bonds is 7. The molecule has 1 rings (SSSR count). The second-order valence-corrected chi connectivity index (χ2v) is 5.61. The zero-order valence-electron chi connectivity index (χ0n) is 10.3. The summed E-state index contributed by atoms with van der Waals surface area (Å²) in [6, 6.07) is 0. The van der Waals surface area contributed by atoms with Gasteiger partial charge in [-0.05, 0) is 45.2 Å². The van der Waals surface area contributed by atoms with Crippen molar-refractivity contribution in [3.63, 3.8) is 0 Å². The van der Waals surface area contributed by atoms with Crippen molar-refractivity contribution < 1.29 is 0 Å². The van der Waals surface area contributed by atoms with E-state index < -0.39 is 0 Å². The first-order chi connectivity index (χ1) is 6.92. The SMILES string of the molecule is CN(CCCC(C)(C)C(=N)N)CC1CC1. The Morgan fingerprint density at radius 2 is 2.07 bits per heavy atom. The highest BCUT2D eigenvalue weighted by molar-refractivity contribution is 5.82. The lowest BCUT2D eigenvalue weighted by molar-refractivity contribution is 0.296. The van der Waals surface area contributed by atoms with Crippen molar-refractivity contribution in [3.8, 4) is 0 Å². The Balaban J connectivity index is 2.11. The number of nitrogens with zero attached hydrogens (tertiary/aromatic N) is 1. The smallest absolute Gasteiger partial charge is 0.0963 e. The summed E-state index contributed by atoms with van der Waals surface area (Å²) in [6.07, 6.45) is 4.99. The quantitative estimate of drug-likeness (QED) is 0.500. The number of hydrogen-bond acceptors (Lipinski definition) is 2. The van der Waals surface area contributed by atoms with Gasteiger partial charge in [0, 0.05) is 12.0 Å². The van der Waals surface area contributed by atoms with Gasteiger partial charge in [0.25, 0.3) is 0 Å². The molecule has 0 spiro atoms. The molecular weight excluding hydrogens is 186 g/mol. The van der Waals surface area contributed by atoms with E-state index >= 15 is 0 Å². The maximum absolute atomic E-state index is 7.47. The van der Waals surface area contributed by atoms with Gasteiger partial charge < -0.3 is 10.6 Å². The van der Waals surface area contributed by atoms with Crippen LogP contribution in [0.15, 0.2) is 0 Å². The highest BCUT2D eigenvalue weighted by Gasteiger charge is 2.24. The number of nitrogens with two attached hydrogens (primary N) is 1.